The smallest absolute Gasteiger partial charge is 0.350 e. The Morgan fingerprint density at radius 3 is 2.39 bits per heavy atom. The highest BCUT2D eigenvalue weighted by molar-refractivity contribution is 5.93. The van der Waals surface area contributed by atoms with E-state index in [0.29, 0.717) is 23.9 Å². The van der Waals surface area contributed by atoms with Gasteiger partial charge in [-0.15, -0.1) is 0 Å². The molecule has 162 valence electrons. The van der Waals surface area contributed by atoms with Crippen LogP contribution in [-0.2, 0) is 17.3 Å². The molecule has 0 aliphatic carbocycles. The number of hydrogen-bond donors (Lipinski definition) is 0. The van der Waals surface area contributed by atoms with Crippen LogP contribution in [0.2, 0.25) is 0 Å². The van der Waals surface area contributed by atoms with Crippen molar-refractivity contribution in [3.05, 3.63) is 71.9 Å². The van der Waals surface area contributed by atoms with Crippen LogP contribution >= 0.6 is 0 Å². The molecule has 1 aliphatic rings. The summed E-state index contributed by atoms with van der Waals surface area (Å²) in [7, 11) is 4.00. The molecule has 4 rings (SSSR count). The monoisotopic (exact) mass is 424 g/mol. The van der Waals surface area contributed by atoms with Gasteiger partial charge in [0.25, 0.3) is 5.91 Å². The second-order valence-electron chi connectivity index (χ2n) is 8.14. The molecule has 1 aliphatic heterocycles. The fourth-order valence-electron chi connectivity index (χ4n) is 4.01. The van der Waals surface area contributed by atoms with Gasteiger partial charge >= 0.3 is 5.92 Å². The summed E-state index contributed by atoms with van der Waals surface area (Å²) < 4.78 is 30.4. The Morgan fingerprint density at radius 2 is 1.71 bits per heavy atom. The molecule has 3 aromatic rings. The Bertz CT molecular complexity index is 1060. The Hall–Kier alpha value is -3.06. The fourth-order valence-corrected chi connectivity index (χ4v) is 4.01. The first-order valence-electron chi connectivity index (χ1n) is 10.4. The van der Waals surface area contributed by atoms with Crippen LogP contribution in [0.1, 0.15) is 11.1 Å². The van der Waals surface area contributed by atoms with Crippen LogP contribution in [0.4, 0.5) is 14.6 Å². The highest BCUT2D eigenvalue weighted by atomic mass is 19.3. The molecule has 5 nitrogen and oxygen atoms in total. The van der Waals surface area contributed by atoms with Gasteiger partial charge in [-0.1, -0.05) is 48.5 Å². The minimum atomic E-state index is -3.57. The normalized spacial score (nSPS) is 15.0. The summed E-state index contributed by atoms with van der Waals surface area (Å²) in [4.78, 5) is 22.7. The van der Waals surface area contributed by atoms with Crippen molar-refractivity contribution in [1.82, 2.24) is 14.8 Å². The minimum absolute atomic E-state index is 0.236. The molecule has 1 amide bonds. The van der Waals surface area contributed by atoms with Gasteiger partial charge in [0.1, 0.15) is 5.82 Å². The summed E-state index contributed by atoms with van der Waals surface area (Å²) in [6, 6.07) is 15.6. The number of halogens is 2. The second-order valence-corrected chi connectivity index (χ2v) is 8.14. The maximum absolute atomic E-state index is 15.2. The number of carbonyl (C=O) groups excluding carboxylic acids is 1. The number of nitrogens with zero attached hydrogens (tertiary/aromatic N) is 4. The van der Waals surface area contributed by atoms with Crippen molar-refractivity contribution < 1.29 is 13.6 Å². The van der Waals surface area contributed by atoms with Gasteiger partial charge in [-0.25, -0.2) is 4.98 Å². The molecule has 0 bridgehead atoms. The summed E-state index contributed by atoms with van der Waals surface area (Å²) >= 11 is 0. The van der Waals surface area contributed by atoms with Crippen molar-refractivity contribution in [3.63, 3.8) is 0 Å². The lowest BCUT2D eigenvalue weighted by atomic mass is 9.98. The molecule has 0 N–H and O–H groups in total. The topological polar surface area (TPSA) is 39.7 Å². The van der Waals surface area contributed by atoms with E-state index >= 15 is 8.78 Å². The van der Waals surface area contributed by atoms with E-state index in [4.69, 9.17) is 0 Å². The third-order valence-electron chi connectivity index (χ3n) is 5.60. The van der Waals surface area contributed by atoms with Crippen molar-refractivity contribution in [2.24, 2.45) is 0 Å². The Morgan fingerprint density at radius 1 is 1.00 bits per heavy atom. The van der Waals surface area contributed by atoms with Gasteiger partial charge < -0.3 is 14.7 Å². The number of benzene rings is 2. The molecule has 7 heteroatoms. The standard InChI is InChI=1S/C24H26F2N4O/c1-28(2)17-18-10-11-22(27-16-18)29-12-14-30(15-13-29)23(31)24(25,26)21-9-5-7-19-6-3-4-8-20(19)21/h3-11,16H,12-15,17H2,1-2H3. The molecule has 0 saturated carbocycles. The zero-order valence-corrected chi connectivity index (χ0v) is 17.8. The average Bonchev–Trinajstić information content (AvgIpc) is 2.78. The zero-order chi connectivity index (χ0) is 22.0. The molecule has 0 radical (unpaired) electrons. The van der Waals surface area contributed by atoms with Gasteiger partial charge in [-0.2, -0.15) is 8.78 Å². The summed E-state index contributed by atoms with van der Waals surface area (Å²) in [5, 5.41) is 1.10. The van der Waals surface area contributed by atoms with Crippen molar-refractivity contribution >= 4 is 22.5 Å². The first-order chi connectivity index (χ1) is 14.9. The molecule has 1 saturated heterocycles. The average molecular weight is 424 g/mol. The third-order valence-corrected chi connectivity index (χ3v) is 5.60. The van der Waals surface area contributed by atoms with Crippen LogP contribution in [0, 0.1) is 0 Å². The van der Waals surface area contributed by atoms with E-state index in [9.17, 15) is 4.79 Å². The van der Waals surface area contributed by atoms with E-state index in [1.165, 1.54) is 11.0 Å². The number of pyridine rings is 1. The van der Waals surface area contributed by atoms with E-state index in [1.54, 1.807) is 36.4 Å². The molecular weight excluding hydrogens is 398 g/mol. The minimum Gasteiger partial charge on any atom is -0.353 e. The number of alkyl halides is 2. The van der Waals surface area contributed by atoms with Crippen LogP contribution in [0.3, 0.4) is 0 Å². The predicted octanol–water partition coefficient (Wildman–Crippen LogP) is 3.74. The van der Waals surface area contributed by atoms with Gasteiger partial charge in [0.15, 0.2) is 0 Å². The molecule has 31 heavy (non-hydrogen) atoms. The molecule has 1 fully saturated rings. The summed E-state index contributed by atoms with van der Waals surface area (Å²) in [6.07, 6.45) is 1.83. The lowest BCUT2D eigenvalue weighted by Crippen LogP contribution is -2.52. The lowest BCUT2D eigenvalue weighted by molar-refractivity contribution is -0.159. The molecule has 0 atom stereocenters. The molecule has 2 heterocycles. The number of hydrogen-bond acceptors (Lipinski definition) is 4. The van der Waals surface area contributed by atoms with Gasteiger partial charge in [0.2, 0.25) is 0 Å². The van der Waals surface area contributed by atoms with E-state index < -0.39 is 11.8 Å². The third kappa shape index (κ3) is 4.37. The number of rotatable bonds is 5. The number of piperazine rings is 1. The Labute approximate surface area is 180 Å². The van der Waals surface area contributed by atoms with E-state index in [2.05, 4.69) is 9.88 Å². The van der Waals surface area contributed by atoms with E-state index in [-0.39, 0.29) is 18.7 Å². The quantitative estimate of drug-likeness (QED) is 0.626. The first kappa shape index (κ1) is 21.2. The maximum atomic E-state index is 15.2. The van der Waals surface area contributed by atoms with Gasteiger partial charge in [0.05, 0.1) is 0 Å². The highest BCUT2D eigenvalue weighted by Gasteiger charge is 2.45. The fraction of sp³-hybridized carbons (Fsp3) is 0.333. The highest BCUT2D eigenvalue weighted by Crippen LogP contribution is 2.35. The van der Waals surface area contributed by atoms with Crippen LogP contribution in [0.15, 0.2) is 60.8 Å². The molecule has 2 aromatic carbocycles. The second kappa shape index (κ2) is 8.59. The van der Waals surface area contributed by atoms with E-state index in [1.807, 2.05) is 37.3 Å². The number of aromatic nitrogens is 1. The molecule has 1 aromatic heterocycles. The van der Waals surface area contributed by atoms with E-state index in [0.717, 1.165) is 17.9 Å². The van der Waals surface area contributed by atoms with Gasteiger partial charge in [0, 0.05) is 44.5 Å². The van der Waals surface area contributed by atoms with Crippen LogP contribution < -0.4 is 4.90 Å². The number of fused-ring (bicyclic) bond motifs is 1. The van der Waals surface area contributed by atoms with Crippen LogP contribution in [0.25, 0.3) is 10.8 Å². The molecular formula is C24H26F2N4O. The maximum Gasteiger partial charge on any atom is 0.350 e. The summed E-state index contributed by atoms with van der Waals surface area (Å²) in [5.74, 6) is -3.91. The van der Waals surface area contributed by atoms with Crippen LogP contribution in [0.5, 0.6) is 0 Å². The molecule has 0 spiro atoms. The number of carbonyl (C=O) groups is 1. The number of amides is 1. The summed E-state index contributed by atoms with van der Waals surface area (Å²) in [5.41, 5.74) is 0.869. The lowest BCUT2D eigenvalue weighted by Gasteiger charge is -2.37. The van der Waals surface area contributed by atoms with Crippen molar-refractivity contribution in [2.75, 3.05) is 45.2 Å². The predicted molar refractivity (Wildman–Crippen MR) is 118 cm³/mol. The SMILES string of the molecule is CN(C)Cc1ccc(N2CCN(C(=O)C(F)(F)c3cccc4ccccc34)CC2)nc1. The van der Waals surface area contributed by atoms with Gasteiger partial charge in [-0.05, 0) is 36.5 Å². The van der Waals surface area contributed by atoms with Crippen LogP contribution in [-0.4, -0.2) is 61.0 Å². The Kier molecular flexibility index (Phi) is 5.87. The summed E-state index contributed by atoms with van der Waals surface area (Å²) in [6.45, 7) is 2.22. The Balaban J connectivity index is 1.45. The zero-order valence-electron chi connectivity index (χ0n) is 17.8. The number of anilines is 1. The first-order valence-corrected chi connectivity index (χ1v) is 10.4. The largest absolute Gasteiger partial charge is 0.353 e. The van der Waals surface area contributed by atoms with Crippen molar-refractivity contribution in [3.8, 4) is 0 Å². The van der Waals surface area contributed by atoms with Crippen molar-refractivity contribution in [2.45, 2.75) is 12.5 Å². The van der Waals surface area contributed by atoms with Gasteiger partial charge in [-0.3, -0.25) is 4.79 Å². The molecule has 0 unspecified atom stereocenters. The van der Waals surface area contributed by atoms with Crippen molar-refractivity contribution in [1.29, 1.82) is 0 Å².